The molecule has 0 aliphatic heterocycles. The highest BCUT2D eigenvalue weighted by atomic mass is 28.4. The highest BCUT2D eigenvalue weighted by molar-refractivity contribution is 6.74. The topological polar surface area (TPSA) is 9.23 Å². The molecule has 2 heteroatoms. The van der Waals surface area contributed by atoms with Crippen molar-refractivity contribution in [3.63, 3.8) is 0 Å². The van der Waals surface area contributed by atoms with E-state index in [1.54, 1.807) is 0 Å². The third-order valence-electron chi connectivity index (χ3n) is 4.69. The van der Waals surface area contributed by atoms with Crippen LogP contribution >= 0.6 is 0 Å². The maximum Gasteiger partial charge on any atom is 0.192 e. The zero-order chi connectivity index (χ0) is 17.0. The molecule has 0 amide bonds. The van der Waals surface area contributed by atoms with E-state index in [-0.39, 0.29) is 10.5 Å². The van der Waals surface area contributed by atoms with Crippen LogP contribution in [-0.2, 0) is 4.43 Å². The van der Waals surface area contributed by atoms with E-state index >= 15 is 0 Å². The van der Waals surface area contributed by atoms with Crippen LogP contribution in [0.3, 0.4) is 0 Å². The summed E-state index contributed by atoms with van der Waals surface area (Å²) in [5.41, 5.74) is 1.90. The first kappa shape index (κ1) is 18.7. The van der Waals surface area contributed by atoms with Gasteiger partial charge in [-0.2, -0.15) is 0 Å². The monoisotopic (exact) mass is 314 g/mol. The van der Waals surface area contributed by atoms with Gasteiger partial charge in [0.15, 0.2) is 8.32 Å². The van der Waals surface area contributed by atoms with E-state index in [0.717, 1.165) is 17.6 Å². The minimum atomic E-state index is -1.79. The van der Waals surface area contributed by atoms with E-state index in [1.165, 1.54) is 0 Å². The van der Waals surface area contributed by atoms with Crippen LogP contribution in [0.1, 0.15) is 39.7 Å². The summed E-state index contributed by atoms with van der Waals surface area (Å²) in [4.78, 5) is 0. The first-order chi connectivity index (χ1) is 10.0. The summed E-state index contributed by atoms with van der Waals surface area (Å²) in [6.45, 7) is 18.1. The van der Waals surface area contributed by atoms with E-state index in [2.05, 4.69) is 65.4 Å². The van der Waals surface area contributed by atoms with Crippen LogP contribution < -0.4 is 0 Å². The molecule has 0 saturated heterocycles. The molecule has 0 aliphatic rings. The number of rotatable bonds is 6. The molecule has 0 fully saturated rings. The van der Waals surface area contributed by atoms with Gasteiger partial charge in [0.1, 0.15) is 0 Å². The fourth-order valence-corrected chi connectivity index (χ4v) is 3.06. The number of hydrogen-bond acceptors (Lipinski definition) is 1. The summed E-state index contributed by atoms with van der Waals surface area (Å²) < 4.78 is 6.34. The second kappa shape index (κ2) is 6.85. The molecule has 0 N–H and O–H groups in total. The van der Waals surface area contributed by atoms with E-state index in [4.69, 9.17) is 10.8 Å². The van der Waals surface area contributed by atoms with Gasteiger partial charge in [-0.05, 0) is 42.6 Å². The maximum absolute atomic E-state index is 6.34. The largest absolute Gasteiger partial charge is 0.415 e. The fraction of sp³-hybridized carbons (Fsp3) is 0.500. The third-order valence-corrected chi connectivity index (χ3v) is 9.17. The van der Waals surface area contributed by atoms with Crippen molar-refractivity contribution >= 4 is 13.9 Å². The molecule has 1 rings (SSSR count). The van der Waals surface area contributed by atoms with Crippen molar-refractivity contribution in [3.05, 3.63) is 42.5 Å². The maximum atomic E-state index is 6.34. The van der Waals surface area contributed by atoms with Crippen LogP contribution in [0.5, 0.6) is 0 Å². The van der Waals surface area contributed by atoms with Crippen molar-refractivity contribution in [2.75, 3.05) is 6.61 Å². The summed E-state index contributed by atoms with van der Waals surface area (Å²) in [5.74, 6) is 2.94. The lowest BCUT2D eigenvalue weighted by atomic mass is 9.83. The number of benzene rings is 1. The Morgan fingerprint density at radius 1 is 1.18 bits per heavy atom. The zero-order valence-corrected chi connectivity index (χ0v) is 16.0. The molecule has 22 heavy (non-hydrogen) atoms. The van der Waals surface area contributed by atoms with Crippen molar-refractivity contribution in [1.29, 1.82) is 0 Å². The lowest BCUT2D eigenvalue weighted by Gasteiger charge is -2.38. The van der Waals surface area contributed by atoms with Gasteiger partial charge >= 0.3 is 0 Å². The quantitative estimate of drug-likeness (QED) is 0.480. The van der Waals surface area contributed by atoms with Crippen molar-refractivity contribution < 1.29 is 4.43 Å². The Morgan fingerprint density at radius 2 is 1.73 bits per heavy atom. The highest BCUT2D eigenvalue weighted by Crippen LogP contribution is 2.39. The van der Waals surface area contributed by atoms with Crippen molar-refractivity contribution in [1.82, 2.24) is 0 Å². The van der Waals surface area contributed by atoms with E-state index in [0.29, 0.717) is 6.61 Å². The standard InChI is InChI=1S/C20H30OSi/c1-9-20(6,16-21-22(7,8)19(3,4)5)15-17(2)18-13-11-10-12-14-18/h1,10-14H,2,15-16H2,3-8H3. The second-order valence-electron chi connectivity index (χ2n) is 7.90. The van der Waals surface area contributed by atoms with Gasteiger partial charge in [-0.1, -0.05) is 63.6 Å². The molecule has 0 aliphatic carbocycles. The molecule has 0 radical (unpaired) electrons. The average molecular weight is 315 g/mol. The average Bonchev–Trinajstić information content (AvgIpc) is 2.45. The van der Waals surface area contributed by atoms with Gasteiger partial charge in [0.05, 0.1) is 12.0 Å². The molecule has 1 nitrogen and oxygen atoms in total. The smallest absolute Gasteiger partial charge is 0.192 e. The van der Waals surface area contributed by atoms with E-state index in [9.17, 15) is 0 Å². The van der Waals surface area contributed by atoms with E-state index < -0.39 is 8.32 Å². The molecule has 0 bridgehead atoms. The Balaban J connectivity index is 2.78. The molecule has 0 heterocycles. The summed E-state index contributed by atoms with van der Waals surface area (Å²) >= 11 is 0. The van der Waals surface area contributed by atoms with Gasteiger partial charge < -0.3 is 4.43 Å². The molecular weight excluding hydrogens is 284 g/mol. The van der Waals surface area contributed by atoms with Gasteiger partial charge in [-0.3, -0.25) is 0 Å². The summed E-state index contributed by atoms with van der Waals surface area (Å²) in [6, 6.07) is 10.2. The highest BCUT2D eigenvalue weighted by Gasteiger charge is 2.39. The zero-order valence-electron chi connectivity index (χ0n) is 15.0. The first-order valence-electron chi connectivity index (χ1n) is 7.86. The number of terminal acetylenes is 1. The van der Waals surface area contributed by atoms with Crippen LogP contribution in [0.4, 0.5) is 0 Å². The van der Waals surface area contributed by atoms with Gasteiger partial charge in [-0.15, -0.1) is 6.42 Å². The lowest BCUT2D eigenvalue weighted by molar-refractivity contribution is 0.199. The Labute approximate surface area is 137 Å². The summed E-state index contributed by atoms with van der Waals surface area (Å²) in [7, 11) is -1.79. The van der Waals surface area contributed by atoms with Gasteiger partial charge in [0.2, 0.25) is 0 Å². The summed E-state index contributed by atoms with van der Waals surface area (Å²) in [5, 5.41) is 0.193. The summed E-state index contributed by atoms with van der Waals surface area (Å²) in [6.07, 6.45) is 6.57. The predicted molar refractivity (Wildman–Crippen MR) is 100 cm³/mol. The molecule has 0 saturated carbocycles. The SMILES string of the molecule is C#CC(C)(CO[Si](C)(C)C(C)(C)C)CC(=C)c1ccccc1. The molecule has 1 atom stereocenters. The van der Waals surface area contributed by atoms with Crippen molar-refractivity contribution in [2.24, 2.45) is 5.41 Å². The van der Waals surface area contributed by atoms with Crippen LogP contribution in [0.2, 0.25) is 18.1 Å². The molecule has 0 spiro atoms. The van der Waals surface area contributed by atoms with Gasteiger partial charge in [-0.25, -0.2) is 0 Å². The van der Waals surface area contributed by atoms with Crippen LogP contribution in [0.25, 0.3) is 5.57 Å². The Morgan fingerprint density at radius 3 is 2.18 bits per heavy atom. The van der Waals surface area contributed by atoms with E-state index in [1.807, 2.05) is 18.2 Å². The molecule has 1 aromatic rings. The van der Waals surface area contributed by atoms with Gasteiger partial charge in [0.25, 0.3) is 0 Å². The molecule has 0 aromatic heterocycles. The third kappa shape index (κ3) is 4.86. The minimum absolute atomic E-state index is 0.193. The van der Waals surface area contributed by atoms with Crippen LogP contribution in [-0.4, -0.2) is 14.9 Å². The second-order valence-corrected chi connectivity index (χ2v) is 12.7. The normalized spacial score (nSPS) is 15.0. The fourth-order valence-electron chi connectivity index (χ4n) is 1.95. The minimum Gasteiger partial charge on any atom is -0.415 e. The first-order valence-corrected chi connectivity index (χ1v) is 10.8. The predicted octanol–water partition coefficient (Wildman–Crippen LogP) is 5.75. The Kier molecular flexibility index (Phi) is 5.84. The van der Waals surface area contributed by atoms with Crippen molar-refractivity contribution in [2.45, 2.75) is 52.2 Å². The molecule has 120 valence electrons. The van der Waals surface area contributed by atoms with Crippen LogP contribution in [0, 0.1) is 17.8 Å². The van der Waals surface area contributed by atoms with Gasteiger partial charge in [0, 0.05) is 0 Å². The molecule has 1 aromatic carbocycles. The number of hydrogen-bond donors (Lipinski definition) is 0. The number of allylic oxidation sites excluding steroid dienone is 1. The lowest BCUT2D eigenvalue weighted by Crippen LogP contribution is -2.43. The molecular formula is C20H30OSi. The Bertz CT molecular complexity index is 545. The van der Waals surface area contributed by atoms with Crippen molar-refractivity contribution in [3.8, 4) is 12.3 Å². The molecule has 1 unspecified atom stereocenters. The Hall–Kier alpha value is -1.30. The van der Waals surface area contributed by atoms with Crippen LogP contribution in [0.15, 0.2) is 36.9 Å².